The number of carbonyl (C=O) groups is 1. The van der Waals surface area contributed by atoms with Crippen LogP contribution in [-0.2, 0) is 4.74 Å². The molecular weight excluding hydrogens is 296 g/mol. The van der Waals surface area contributed by atoms with Crippen LogP contribution in [0.1, 0.15) is 23.2 Å². The fourth-order valence-electron chi connectivity index (χ4n) is 2.05. The van der Waals surface area contributed by atoms with Crippen LogP contribution in [-0.4, -0.2) is 25.7 Å². The van der Waals surface area contributed by atoms with Gasteiger partial charge in [-0.05, 0) is 37.0 Å². The lowest BCUT2D eigenvalue weighted by Crippen LogP contribution is -2.26. The molecule has 0 aromatic heterocycles. The maximum absolute atomic E-state index is 11.9. The van der Waals surface area contributed by atoms with Crippen molar-refractivity contribution in [2.75, 3.05) is 25.5 Å². The zero-order valence-electron chi connectivity index (χ0n) is 10.1. The van der Waals surface area contributed by atoms with Crippen molar-refractivity contribution in [1.82, 2.24) is 5.32 Å². The van der Waals surface area contributed by atoms with E-state index in [1.807, 2.05) is 0 Å². The number of ether oxygens (including phenoxy) is 1. The van der Waals surface area contributed by atoms with E-state index in [-0.39, 0.29) is 5.91 Å². The topological polar surface area (TPSA) is 64.4 Å². The first-order chi connectivity index (χ1) is 8.65. The van der Waals surface area contributed by atoms with Gasteiger partial charge in [0.1, 0.15) is 0 Å². The second-order valence-corrected chi connectivity index (χ2v) is 5.46. The summed E-state index contributed by atoms with van der Waals surface area (Å²) in [5.74, 6) is 0.500. The van der Waals surface area contributed by atoms with Crippen molar-refractivity contribution in [2.45, 2.75) is 12.8 Å². The molecule has 0 bridgehead atoms. The van der Waals surface area contributed by atoms with E-state index in [0.29, 0.717) is 23.7 Å². The minimum absolute atomic E-state index is 0.0816. The van der Waals surface area contributed by atoms with Crippen molar-refractivity contribution in [2.24, 2.45) is 5.92 Å². The molecule has 2 rings (SSSR count). The summed E-state index contributed by atoms with van der Waals surface area (Å²) in [6.45, 7) is 2.35. The Morgan fingerprint density at radius 3 is 3.00 bits per heavy atom. The van der Waals surface area contributed by atoms with Gasteiger partial charge in [-0.2, -0.15) is 0 Å². The lowest BCUT2D eigenvalue weighted by Gasteiger charge is -2.09. The summed E-state index contributed by atoms with van der Waals surface area (Å²) in [4.78, 5) is 11.9. The largest absolute Gasteiger partial charge is 0.399 e. The Kier molecular flexibility index (Phi) is 4.60. The van der Waals surface area contributed by atoms with E-state index in [4.69, 9.17) is 10.5 Å². The van der Waals surface area contributed by atoms with Gasteiger partial charge in [-0.1, -0.05) is 15.9 Å². The van der Waals surface area contributed by atoms with Gasteiger partial charge in [0.15, 0.2) is 0 Å². The first-order valence-electron chi connectivity index (χ1n) is 6.07. The third-order valence-corrected chi connectivity index (χ3v) is 3.50. The maximum Gasteiger partial charge on any atom is 0.251 e. The molecular formula is C13H17BrN2O2. The highest BCUT2D eigenvalue weighted by Crippen LogP contribution is 2.18. The Bertz CT molecular complexity index is 411. The average Bonchev–Trinajstić information content (AvgIpc) is 2.80. The van der Waals surface area contributed by atoms with Crippen molar-refractivity contribution >= 4 is 27.5 Å². The number of nitrogens with one attached hydrogen (secondary N) is 1. The van der Waals surface area contributed by atoms with Crippen LogP contribution in [0.15, 0.2) is 22.7 Å². The van der Waals surface area contributed by atoms with Crippen molar-refractivity contribution in [3.05, 3.63) is 28.2 Å². The van der Waals surface area contributed by atoms with Crippen LogP contribution >= 0.6 is 15.9 Å². The van der Waals surface area contributed by atoms with E-state index in [1.54, 1.807) is 18.2 Å². The molecule has 0 aliphatic carbocycles. The van der Waals surface area contributed by atoms with Gasteiger partial charge in [-0.25, -0.2) is 0 Å². The van der Waals surface area contributed by atoms with Crippen molar-refractivity contribution in [1.29, 1.82) is 0 Å². The van der Waals surface area contributed by atoms with Crippen molar-refractivity contribution in [3.63, 3.8) is 0 Å². The molecule has 1 heterocycles. The van der Waals surface area contributed by atoms with E-state index in [2.05, 4.69) is 21.2 Å². The zero-order valence-corrected chi connectivity index (χ0v) is 11.7. The third-order valence-electron chi connectivity index (χ3n) is 3.04. The number of anilines is 1. The summed E-state index contributed by atoms with van der Waals surface area (Å²) in [5.41, 5.74) is 6.87. The number of nitrogens with two attached hydrogens (primary N) is 1. The summed E-state index contributed by atoms with van der Waals surface area (Å²) >= 11 is 3.33. The van der Waals surface area contributed by atoms with Crippen molar-refractivity contribution < 1.29 is 9.53 Å². The number of carbonyl (C=O) groups excluding carboxylic acids is 1. The number of benzene rings is 1. The Hall–Kier alpha value is -1.07. The van der Waals surface area contributed by atoms with E-state index in [1.165, 1.54) is 0 Å². The van der Waals surface area contributed by atoms with E-state index >= 15 is 0 Å². The lowest BCUT2D eigenvalue weighted by molar-refractivity contribution is 0.0950. The highest BCUT2D eigenvalue weighted by molar-refractivity contribution is 9.10. The van der Waals surface area contributed by atoms with Gasteiger partial charge in [0.2, 0.25) is 0 Å². The van der Waals surface area contributed by atoms with Crippen LogP contribution in [0.3, 0.4) is 0 Å². The van der Waals surface area contributed by atoms with Gasteiger partial charge in [-0.15, -0.1) is 0 Å². The Labute approximate surface area is 115 Å². The molecule has 4 nitrogen and oxygen atoms in total. The predicted octanol–water partition coefficient (Wildman–Crippen LogP) is 2.19. The molecule has 1 aromatic rings. The summed E-state index contributed by atoms with van der Waals surface area (Å²) < 4.78 is 6.11. The second-order valence-electron chi connectivity index (χ2n) is 4.55. The highest BCUT2D eigenvalue weighted by atomic mass is 79.9. The first-order valence-corrected chi connectivity index (χ1v) is 6.86. The van der Waals surface area contributed by atoms with Crippen LogP contribution < -0.4 is 11.1 Å². The molecule has 1 saturated heterocycles. The predicted molar refractivity (Wildman–Crippen MR) is 74.4 cm³/mol. The fraction of sp³-hybridized carbons (Fsp3) is 0.462. The molecule has 98 valence electrons. The first kappa shape index (κ1) is 13.4. The Morgan fingerprint density at radius 2 is 2.33 bits per heavy atom. The molecule has 18 heavy (non-hydrogen) atoms. The molecule has 1 amide bonds. The lowest BCUT2D eigenvalue weighted by atomic mass is 10.1. The molecule has 1 atom stereocenters. The molecule has 5 heteroatoms. The fourth-order valence-corrected chi connectivity index (χ4v) is 2.56. The van der Waals surface area contributed by atoms with Gasteiger partial charge in [0.05, 0.1) is 0 Å². The molecule has 0 saturated carbocycles. The summed E-state index contributed by atoms with van der Waals surface area (Å²) in [5, 5.41) is 2.91. The minimum Gasteiger partial charge on any atom is -0.399 e. The summed E-state index contributed by atoms with van der Waals surface area (Å²) in [7, 11) is 0. The number of amides is 1. The molecule has 1 unspecified atom stereocenters. The molecule has 0 radical (unpaired) electrons. The van der Waals surface area contributed by atoms with Crippen LogP contribution in [0.5, 0.6) is 0 Å². The van der Waals surface area contributed by atoms with Crippen LogP contribution in [0, 0.1) is 5.92 Å². The number of hydrogen-bond donors (Lipinski definition) is 2. The van der Waals surface area contributed by atoms with Gasteiger partial charge >= 0.3 is 0 Å². The Balaban J connectivity index is 1.83. The van der Waals surface area contributed by atoms with E-state index < -0.39 is 0 Å². The average molecular weight is 313 g/mol. The van der Waals surface area contributed by atoms with Crippen molar-refractivity contribution in [3.8, 4) is 0 Å². The third kappa shape index (κ3) is 3.71. The molecule has 3 N–H and O–H groups in total. The normalized spacial score (nSPS) is 18.8. The maximum atomic E-state index is 11.9. The minimum atomic E-state index is -0.0816. The highest BCUT2D eigenvalue weighted by Gasteiger charge is 2.15. The molecule has 0 spiro atoms. The number of rotatable bonds is 4. The smallest absolute Gasteiger partial charge is 0.251 e. The summed E-state index contributed by atoms with van der Waals surface area (Å²) in [6.07, 6.45) is 2.06. The number of halogens is 1. The van der Waals surface area contributed by atoms with Gasteiger partial charge in [0.25, 0.3) is 5.91 Å². The summed E-state index contributed by atoms with van der Waals surface area (Å²) in [6, 6.07) is 5.22. The van der Waals surface area contributed by atoms with Crippen LogP contribution in [0.4, 0.5) is 5.69 Å². The monoisotopic (exact) mass is 312 g/mol. The molecule has 1 fully saturated rings. The van der Waals surface area contributed by atoms with Crippen LogP contribution in [0.25, 0.3) is 0 Å². The molecule has 1 aliphatic heterocycles. The van der Waals surface area contributed by atoms with Gasteiger partial charge < -0.3 is 15.8 Å². The SMILES string of the molecule is Nc1cc(Br)cc(C(=O)NCCC2CCOC2)c1. The van der Waals surface area contributed by atoms with E-state index in [0.717, 1.165) is 30.5 Å². The van der Waals surface area contributed by atoms with Gasteiger partial charge in [-0.3, -0.25) is 4.79 Å². The standard InChI is InChI=1S/C13H17BrN2O2/c14-11-5-10(6-12(15)7-11)13(17)16-3-1-9-2-4-18-8-9/h5-7,9H,1-4,8,15H2,(H,16,17). The molecule has 1 aliphatic rings. The van der Waals surface area contributed by atoms with E-state index in [9.17, 15) is 4.79 Å². The quantitative estimate of drug-likeness (QED) is 0.838. The van der Waals surface area contributed by atoms with Gasteiger partial charge in [0, 0.05) is 35.5 Å². The second kappa shape index (κ2) is 6.20. The number of hydrogen-bond acceptors (Lipinski definition) is 3. The molecule has 1 aromatic carbocycles. The van der Waals surface area contributed by atoms with Crippen LogP contribution in [0.2, 0.25) is 0 Å². The number of nitrogen functional groups attached to an aromatic ring is 1. The Morgan fingerprint density at radius 1 is 1.50 bits per heavy atom. The zero-order chi connectivity index (χ0) is 13.0.